The topological polar surface area (TPSA) is 152 Å². The summed E-state index contributed by atoms with van der Waals surface area (Å²) in [6.07, 6.45) is 1.70. The van der Waals surface area contributed by atoms with Crippen LogP contribution in [-0.4, -0.2) is 81.9 Å². The van der Waals surface area contributed by atoms with E-state index in [1.165, 1.54) is 0 Å². The van der Waals surface area contributed by atoms with Gasteiger partial charge in [0.25, 0.3) is 0 Å². The van der Waals surface area contributed by atoms with Crippen LogP contribution in [0.4, 0.5) is 9.59 Å². The molecule has 0 bridgehead atoms. The van der Waals surface area contributed by atoms with Crippen molar-refractivity contribution in [2.45, 2.75) is 84.5 Å². The maximum absolute atomic E-state index is 12.8. The van der Waals surface area contributed by atoms with Crippen molar-refractivity contribution in [1.82, 2.24) is 34.9 Å². The second-order valence-corrected chi connectivity index (χ2v) is 13.3. The van der Waals surface area contributed by atoms with Crippen molar-refractivity contribution >= 4 is 18.1 Å². The molecule has 46 heavy (non-hydrogen) atoms. The van der Waals surface area contributed by atoms with E-state index < -0.39 is 23.3 Å². The minimum absolute atomic E-state index is 0.0235. The number of likely N-dealkylation sites (tertiary alicyclic amines) is 1. The highest BCUT2D eigenvalue weighted by molar-refractivity contribution is 5.99. The van der Waals surface area contributed by atoms with Crippen LogP contribution >= 0.6 is 0 Å². The van der Waals surface area contributed by atoms with E-state index >= 15 is 0 Å². The number of nitrogens with zero attached hydrogens (tertiary/aromatic N) is 8. The summed E-state index contributed by atoms with van der Waals surface area (Å²) in [5, 5.41) is 22.9. The molecule has 2 aromatic heterocycles. The van der Waals surface area contributed by atoms with E-state index in [4.69, 9.17) is 9.26 Å². The molecular weight excluding hydrogens is 588 g/mol. The number of carbonyl (C=O) groups is 2. The molecule has 4 aromatic rings. The third-order valence-corrected chi connectivity index (χ3v) is 7.32. The van der Waals surface area contributed by atoms with Crippen molar-refractivity contribution < 1.29 is 24.0 Å². The zero-order valence-electron chi connectivity index (χ0n) is 27.0. The number of hydrogen-bond acceptors (Lipinski definition) is 8. The van der Waals surface area contributed by atoms with E-state index in [0.717, 1.165) is 40.1 Å². The van der Waals surface area contributed by atoms with Crippen LogP contribution in [0.1, 0.15) is 65.8 Å². The number of ether oxygens (including phenoxy) is 1. The molecule has 0 spiro atoms. The standard InChI is InChI=1S/C33H40N8O5/c1-32(2,3)41(31(43)44)29(35-30(42)45-33(4,5)6)40-18-10-13-25(40)19-27-34-28(37-46-27)24-16-14-22(15-17-24)20-39-21-26(36-38-39)23-11-8-7-9-12-23/h7-9,11-12,14-17,21,25H,10,13,18-20H2,1-6H3,(H,43,44). The minimum Gasteiger partial charge on any atom is -0.465 e. The van der Waals surface area contributed by atoms with E-state index in [2.05, 4.69) is 25.4 Å². The summed E-state index contributed by atoms with van der Waals surface area (Å²) in [5.74, 6) is 0.874. The van der Waals surface area contributed by atoms with Crippen LogP contribution in [0.5, 0.6) is 0 Å². The molecule has 0 aliphatic carbocycles. The van der Waals surface area contributed by atoms with Crippen LogP contribution in [-0.2, 0) is 17.7 Å². The third kappa shape index (κ3) is 7.95. The van der Waals surface area contributed by atoms with Gasteiger partial charge in [-0.2, -0.15) is 4.98 Å². The van der Waals surface area contributed by atoms with Gasteiger partial charge in [-0.05, 0) is 59.9 Å². The van der Waals surface area contributed by atoms with Gasteiger partial charge >= 0.3 is 12.2 Å². The van der Waals surface area contributed by atoms with Crippen LogP contribution in [0.3, 0.4) is 0 Å². The van der Waals surface area contributed by atoms with Crippen molar-refractivity contribution in [1.29, 1.82) is 0 Å². The van der Waals surface area contributed by atoms with Crippen LogP contribution < -0.4 is 0 Å². The number of benzene rings is 2. The van der Waals surface area contributed by atoms with Crippen molar-refractivity contribution in [3.05, 3.63) is 72.2 Å². The fraction of sp³-hybridized carbons (Fsp3) is 0.424. The molecule has 1 saturated heterocycles. The number of carboxylic acid groups (broad SMARTS) is 1. The summed E-state index contributed by atoms with van der Waals surface area (Å²) in [6, 6.07) is 17.5. The predicted molar refractivity (Wildman–Crippen MR) is 171 cm³/mol. The Balaban J connectivity index is 1.29. The van der Waals surface area contributed by atoms with Gasteiger partial charge in [0, 0.05) is 35.7 Å². The van der Waals surface area contributed by atoms with Crippen LogP contribution in [0, 0.1) is 0 Å². The lowest BCUT2D eigenvalue weighted by Crippen LogP contribution is -2.56. The van der Waals surface area contributed by atoms with Gasteiger partial charge in [0.05, 0.1) is 12.7 Å². The Bertz CT molecular complexity index is 1680. The summed E-state index contributed by atoms with van der Waals surface area (Å²) in [5.41, 5.74) is 2.00. The molecule has 2 aromatic carbocycles. The highest BCUT2D eigenvalue weighted by Crippen LogP contribution is 2.27. The Morgan fingerprint density at radius 2 is 1.76 bits per heavy atom. The van der Waals surface area contributed by atoms with Crippen LogP contribution in [0.25, 0.3) is 22.6 Å². The lowest BCUT2D eigenvalue weighted by molar-refractivity contribution is 0.0595. The smallest absolute Gasteiger partial charge is 0.437 e. The highest BCUT2D eigenvalue weighted by Gasteiger charge is 2.39. The van der Waals surface area contributed by atoms with Crippen molar-refractivity contribution in [3.8, 4) is 22.6 Å². The van der Waals surface area contributed by atoms with Gasteiger partial charge in [-0.3, -0.25) is 0 Å². The van der Waals surface area contributed by atoms with Gasteiger partial charge in [-0.25, -0.2) is 19.2 Å². The molecule has 2 amide bonds. The molecule has 5 rings (SSSR count). The number of guanidine groups is 1. The molecule has 1 aliphatic heterocycles. The van der Waals surface area contributed by atoms with E-state index in [1.54, 1.807) is 46.2 Å². The molecule has 13 nitrogen and oxygen atoms in total. The van der Waals surface area contributed by atoms with Crippen LogP contribution in [0.2, 0.25) is 0 Å². The zero-order valence-corrected chi connectivity index (χ0v) is 27.0. The Labute approximate surface area is 267 Å². The lowest BCUT2D eigenvalue weighted by Gasteiger charge is -2.39. The van der Waals surface area contributed by atoms with E-state index in [1.807, 2.05) is 65.7 Å². The van der Waals surface area contributed by atoms with Gasteiger partial charge in [0.1, 0.15) is 11.3 Å². The van der Waals surface area contributed by atoms with E-state index in [9.17, 15) is 14.7 Å². The Morgan fingerprint density at radius 1 is 1.04 bits per heavy atom. The predicted octanol–water partition coefficient (Wildman–Crippen LogP) is 6.12. The number of amides is 2. The molecule has 3 heterocycles. The molecule has 0 radical (unpaired) electrons. The summed E-state index contributed by atoms with van der Waals surface area (Å²) in [7, 11) is 0. The van der Waals surface area contributed by atoms with E-state index in [0.29, 0.717) is 31.2 Å². The molecule has 13 heteroatoms. The summed E-state index contributed by atoms with van der Waals surface area (Å²) >= 11 is 0. The molecule has 1 fully saturated rings. The monoisotopic (exact) mass is 628 g/mol. The summed E-state index contributed by atoms with van der Waals surface area (Å²) < 4.78 is 12.8. The van der Waals surface area contributed by atoms with Gasteiger partial charge in [-0.1, -0.05) is 65.0 Å². The number of hydrogen-bond donors (Lipinski definition) is 1. The molecular formula is C33H40N8O5. The van der Waals surface area contributed by atoms with Gasteiger partial charge in [-0.15, -0.1) is 10.1 Å². The molecule has 0 saturated carbocycles. The Morgan fingerprint density at radius 3 is 2.41 bits per heavy atom. The lowest BCUT2D eigenvalue weighted by atomic mass is 10.1. The van der Waals surface area contributed by atoms with E-state index in [-0.39, 0.29) is 12.0 Å². The first kappa shape index (κ1) is 32.3. The summed E-state index contributed by atoms with van der Waals surface area (Å²) in [4.78, 5) is 37.0. The first-order chi connectivity index (χ1) is 21.8. The van der Waals surface area contributed by atoms with Crippen LogP contribution in [0.15, 0.2) is 70.3 Å². The first-order valence-electron chi connectivity index (χ1n) is 15.3. The fourth-order valence-electron chi connectivity index (χ4n) is 5.31. The first-order valence-corrected chi connectivity index (χ1v) is 15.3. The third-order valence-electron chi connectivity index (χ3n) is 7.32. The highest BCUT2D eigenvalue weighted by atomic mass is 16.6. The van der Waals surface area contributed by atoms with Crippen molar-refractivity contribution in [3.63, 3.8) is 0 Å². The second kappa shape index (κ2) is 13.1. The zero-order chi connectivity index (χ0) is 33.1. The van der Waals surface area contributed by atoms with Gasteiger partial charge in [0.2, 0.25) is 17.7 Å². The minimum atomic E-state index is -1.22. The molecule has 1 aliphatic rings. The molecule has 242 valence electrons. The largest absolute Gasteiger partial charge is 0.465 e. The maximum Gasteiger partial charge on any atom is 0.437 e. The second-order valence-electron chi connectivity index (χ2n) is 13.3. The molecule has 1 atom stereocenters. The fourth-order valence-corrected chi connectivity index (χ4v) is 5.31. The molecule has 1 unspecified atom stereocenters. The molecule has 1 N–H and O–H groups in total. The Kier molecular flexibility index (Phi) is 9.22. The number of aliphatic imine (C=N–C) groups is 1. The number of aromatic nitrogens is 5. The maximum atomic E-state index is 12.8. The summed E-state index contributed by atoms with van der Waals surface area (Å²) in [6.45, 7) is 11.5. The average Bonchev–Trinajstić information content (AvgIpc) is 3.74. The number of rotatable bonds is 6. The average molecular weight is 629 g/mol. The SMILES string of the molecule is CC(C)(C)OC(=O)N=C(N1CCCC1Cc1nc(-c2ccc(Cn3cc(-c4ccccc4)nn3)cc2)no1)N(C(=O)O)C(C)(C)C. The van der Waals surface area contributed by atoms with Gasteiger partial charge in [0.15, 0.2) is 0 Å². The van der Waals surface area contributed by atoms with Gasteiger partial charge < -0.3 is 19.3 Å². The normalized spacial score (nSPS) is 15.7. The number of carbonyl (C=O) groups excluding carboxylic acids is 1. The quantitative estimate of drug-likeness (QED) is 0.195. The van der Waals surface area contributed by atoms with Crippen molar-refractivity contribution in [2.24, 2.45) is 4.99 Å². The van der Waals surface area contributed by atoms with Crippen molar-refractivity contribution in [2.75, 3.05) is 6.54 Å². The Hall–Kier alpha value is -5.07.